The highest BCUT2D eigenvalue weighted by Crippen LogP contribution is 2.44. The number of hydrogen-bond acceptors (Lipinski definition) is 3. The van der Waals surface area contributed by atoms with Crippen molar-refractivity contribution in [3.8, 4) is 0 Å². The number of ether oxygens (including phenoxy) is 1. The number of amides is 1. The summed E-state index contributed by atoms with van der Waals surface area (Å²) < 4.78 is 5.27. The van der Waals surface area contributed by atoms with Crippen LogP contribution >= 0.6 is 0 Å². The molecule has 0 radical (unpaired) electrons. The molecule has 1 atom stereocenters. The summed E-state index contributed by atoms with van der Waals surface area (Å²) in [6.45, 7) is 1.79. The Balaban J connectivity index is 1.74. The van der Waals surface area contributed by atoms with Gasteiger partial charge in [0.25, 0.3) is 0 Å². The number of carboxylic acids is 1. The molecule has 1 aromatic rings. The van der Waals surface area contributed by atoms with Gasteiger partial charge in [0, 0.05) is 26.1 Å². The van der Waals surface area contributed by atoms with Crippen molar-refractivity contribution in [2.24, 2.45) is 5.41 Å². The predicted molar refractivity (Wildman–Crippen MR) is 85.5 cm³/mol. The lowest BCUT2D eigenvalue weighted by molar-refractivity contribution is -0.151. The molecule has 2 aliphatic rings. The lowest BCUT2D eigenvalue weighted by atomic mass is 9.68. The van der Waals surface area contributed by atoms with Gasteiger partial charge in [0.05, 0.1) is 17.6 Å². The van der Waals surface area contributed by atoms with Crippen molar-refractivity contribution in [1.82, 2.24) is 4.90 Å². The lowest BCUT2D eigenvalue weighted by Gasteiger charge is -2.42. The molecule has 124 valence electrons. The number of rotatable bonds is 5. The zero-order valence-corrected chi connectivity index (χ0v) is 13.5. The summed E-state index contributed by atoms with van der Waals surface area (Å²) in [5.74, 6) is -0.618. The summed E-state index contributed by atoms with van der Waals surface area (Å²) in [5, 5.41) is 9.35. The molecule has 1 aliphatic heterocycles. The Morgan fingerprint density at radius 3 is 2.70 bits per heavy atom. The fraction of sp³-hybridized carbons (Fsp3) is 0.556. The fourth-order valence-electron chi connectivity index (χ4n) is 3.88. The number of carbonyl (C=O) groups excluding carboxylic acids is 1. The minimum Gasteiger partial charge on any atom is -0.478 e. The van der Waals surface area contributed by atoms with Crippen LogP contribution < -0.4 is 0 Å². The third-order valence-corrected chi connectivity index (χ3v) is 5.29. The Bertz CT molecular complexity index is 609. The molecule has 1 saturated carbocycles. The Morgan fingerprint density at radius 2 is 2.09 bits per heavy atom. The molecule has 2 fully saturated rings. The average Bonchev–Trinajstić information content (AvgIpc) is 3.00. The van der Waals surface area contributed by atoms with Gasteiger partial charge in [-0.1, -0.05) is 24.6 Å². The number of aromatic carboxylic acids is 1. The van der Waals surface area contributed by atoms with Gasteiger partial charge in [0.2, 0.25) is 5.91 Å². The van der Waals surface area contributed by atoms with Gasteiger partial charge in [0.1, 0.15) is 0 Å². The first-order valence-corrected chi connectivity index (χ1v) is 8.18. The number of hydrogen-bond donors (Lipinski definition) is 1. The Morgan fingerprint density at radius 1 is 1.35 bits per heavy atom. The molecule has 0 aromatic heterocycles. The molecule has 3 rings (SSSR count). The highest BCUT2D eigenvalue weighted by Gasteiger charge is 2.47. The summed E-state index contributed by atoms with van der Waals surface area (Å²) >= 11 is 0. The summed E-state index contributed by atoms with van der Waals surface area (Å²) in [6, 6.07) is 7.12. The number of carboxylic acid groups (broad SMARTS) is 1. The molecule has 5 heteroatoms. The maximum absolute atomic E-state index is 12.9. The van der Waals surface area contributed by atoms with E-state index in [0.717, 1.165) is 31.2 Å². The maximum Gasteiger partial charge on any atom is 0.335 e. The van der Waals surface area contributed by atoms with Crippen molar-refractivity contribution >= 4 is 11.9 Å². The van der Waals surface area contributed by atoms with Crippen molar-refractivity contribution in [1.29, 1.82) is 0 Å². The van der Waals surface area contributed by atoms with E-state index >= 15 is 0 Å². The van der Waals surface area contributed by atoms with E-state index in [1.54, 1.807) is 19.2 Å². The standard InChI is InChI=1S/C18H23NO4/c1-23-12-18(8-4-9-18)17(22)19-10-7-13(11-19)14-5-2-3-6-15(14)16(20)21/h2-3,5-6,13H,4,7-12H2,1H3,(H,20,21)/t13-/m1/s1. The van der Waals surface area contributed by atoms with Crippen LogP contribution in [0.2, 0.25) is 0 Å². The van der Waals surface area contributed by atoms with E-state index < -0.39 is 5.97 Å². The van der Waals surface area contributed by atoms with E-state index in [4.69, 9.17) is 4.74 Å². The molecule has 1 heterocycles. The Kier molecular flexibility index (Phi) is 4.39. The van der Waals surface area contributed by atoms with Crippen LogP contribution in [0.15, 0.2) is 24.3 Å². The van der Waals surface area contributed by atoms with Crippen LogP contribution in [0.1, 0.15) is 47.5 Å². The van der Waals surface area contributed by atoms with Crippen LogP contribution in [0, 0.1) is 5.41 Å². The molecule has 0 spiro atoms. The van der Waals surface area contributed by atoms with Gasteiger partial charge in [0.15, 0.2) is 0 Å². The first kappa shape index (κ1) is 16.0. The topological polar surface area (TPSA) is 66.8 Å². The number of carbonyl (C=O) groups is 2. The average molecular weight is 317 g/mol. The predicted octanol–water partition coefficient (Wildman–Crippen LogP) is 2.52. The minimum absolute atomic E-state index is 0.103. The van der Waals surface area contributed by atoms with E-state index in [1.807, 2.05) is 17.0 Å². The van der Waals surface area contributed by atoms with E-state index in [0.29, 0.717) is 25.3 Å². The smallest absolute Gasteiger partial charge is 0.335 e. The van der Waals surface area contributed by atoms with Crippen molar-refractivity contribution in [2.75, 3.05) is 26.8 Å². The number of methoxy groups -OCH3 is 1. The molecule has 1 aromatic carbocycles. The summed E-state index contributed by atoms with van der Waals surface area (Å²) in [6.07, 6.45) is 3.69. The summed E-state index contributed by atoms with van der Waals surface area (Å²) in [7, 11) is 1.64. The normalized spacial score (nSPS) is 22.7. The quantitative estimate of drug-likeness (QED) is 0.906. The van der Waals surface area contributed by atoms with E-state index in [2.05, 4.69) is 0 Å². The highest BCUT2D eigenvalue weighted by atomic mass is 16.5. The summed E-state index contributed by atoms with van der Waals surface area (Å²) in [4.78, 5) is 26.2. The van der Waals surface area contributed by atoms with Gasteiger partial charge in [-0.15, -0.1) is 0 Å². The minimum atomic E-state index is -0.903. The molecule has 1 aliphatic carbocycles. The molecular weight excluding hydrogens is 294 g/mol. The summed E-state index contributed by atoms with van der Waals surface area (Å²) in [5.41, 5.74) is 0.849. The zero-order chi connectivity index (χ0) is 16.4. The molecule has 5 nitrogen and oxygen atoms in total. The van der Waals surface area contributed by atoms with E-state index in [9.17, 15) is 14.7 Å². The van der Waals surface area contributed by atoms with E-state index in [-0.39, 0.29) is 17.2 Å². The second kappa shape index (κ2) is 6.32. The second-order valence-electron chi connectivity index (χ2n) is 6.70. The lowest BCUT2D eigenvalue weighted by Crippen LogP contribution is -2.49. The molecule has 1 saturated heterocycles. The molecule has 1 N–H and O–H groups in total. The largest absolute Gasteiger partial charge is 0.478 e. The van der Waals surface area contributed by atoms with Gasteiger partial charge < -0.3 is 14.7 Å². The fourth-order valence-corrected chi connectivity index (χ4v) is 3.88. The number of nitrogens with zero attached hydrogens (tertiary/aromatic N) is 1. The van der Waals surface area contributed by atoms with Crippen molar-refractivity contribution in [2.45, 2.75) is 31.6 Å². The maximum atomic E-state index is 12.9. The van der Waals surface area contributed by atoms with Crippen LogP contribution in [0.3, 0.4) is 0 Å². The number of benzene rings is 1. The van der Waals surface area contributed by atoms with Gasteiger partial charge in [-0.05, 0) is 30.9 Å². The third-order valence-electron chi connectivity index (χ3n) is 5.29. The van der Waals surface area contributed by atoms with Crippen molar-refractivity contribution in [3.05, 3.63) is 35.4 Å². The van der Waals surface area contributed by atoms with Gasteiger partial charge in [-0.3, -0.25) is 4.79 Å². The monoisotopic (exact) mass is 317 g/mol. The van der Waals surface area contributed by atoms with Crippen LogP contribution in [-0.2, 0) is 9.53 Å². The van der Waals surface area contributed by atoms with E-state index in [1.165, 1.54) is 0 Å². The first-order valence-electron chi connectivity index (χ1n) is 8.18. The van der Waals surface area contributed by atoms with Crippen LogP contribution in [0.4, 0.5) is 0 Å². The SMILES string of the molecule is COCC1(C(=O)N2CC[C@@H](c3ccccc3C(=O)O)C2)CCC1. The molecule has 0 unspecified atom stereocenters. The highest BCUT2D eigenvalue weighted by molar-refractivity contribution is 5.90. The van der Waals surface area contributed by atoms with Crippen molar-refractivity contribution in [3.63, 3.8) is 0 Å². The van der Waals surface area contributed by atoms with Crippen LogP contribution in [0.25, 0.3) is 0 Å². The Hall–Kier alpha value is -1.88. The van der Waals surface area contributed by atoms with Gasteiger partial charge >= 0.3 is 5.97 Å². The van der Waals surface area contributed by atoms with Gasteiger partial charge in [-0.2, -0.15) is 0 Å². The zero-order valence-electron chi connectivity index (χ0n) is 13.5. The first-order chi connectivity index (χ1) is 11.1. The van der Waals surface area contributed by atoms with Crippen LogP contribution in [-0.4, -0.2) is 48.7 Å². The van der Waals surface area contributed by atoms with Crippen LogP contribution in [0.5, 0.6) is 0 Å². The third kappa shape index (κ3) is 2.85. The molecule has 23 heavy (non-hydrogen) atoms. The second-order valence-corrected chi connectivity index (χ2v) is 6.70. The number of likely N-dealkylation sites (tertiary alicyclic amines) is 1. The van der Waals surface area contributed by atoms with Crippen molar-refractivity contribution < 1.29 is 19.4 Å². The molecular formula is C18H23NO4. The Labute approximate surface area is 136 Å². The molecule has 0 bridgehead atoms. The molecule has 1 amide bonds. The van der Waals surface area contributed by atoms with Gasteiger partial charge in [-0.25, -0.2) is 4.79 Å².